The molecule has 0 radical (unpaired) electrons. The van der Waals surface area contributed by atoms with Crippen LogP contribution in [0.15, 0.2) is 36.4 Å². The maximum Gasteiger partial charge on any atom is 0.227 e. The fraction of sp³-hybridized carbons (Fsp3) is 0.400. The van der Waals surface area contributed by atoms with E-state index in [1.165, 1.54) is 0 Å². The summed E-state index contributed by atoms with van der Waals surface area (Å²) in [6, 6.07) is 11.7. The van der Waals surface area contributed by atoms with E-state index in [0.29, 0.717) is 60.4 Å². The van der Waals surface area contributed by atoms with E-state index in [4.69, 9.17) is 24.9 Å². The second-order valence-corrected chi connectivity index (χ2v) is 8.55. The number of hydrogen-bond donors (Lipinski definition) is 2. The Morgan fingerprint density at radius 2 is 2.03 bits per heavy atom. The molecule has 5 rings (SSSR count). The molecule has 9 heteroatoms. The average Bonchev–Trinajstić information content (AvgIpc) is 3.38. The Morgan fingerprint density at radius 3 is 2.74 bits per heavy atom. The number of carbonyl (C=O) groups is 1. The summed E-state index contributed by atoms with van der Waals surface area (Å²) in [6.07, 6.45) is 0.354. The van der Waals surface area contributed by atoms with Gasteiger partial charge in [0.05, 0.1) is 31.7 Å². The molecule has 2 aromatic carbocycles. The monoisotopic (exact) mass is 463 g/mol. The summed E-state index contributed by atoms with van der Waals surface area (Å²) in [7, 11) is 3.21. The lowest BCUT2D eigenvalue weighted by Crippen LogP contribution is -2.45. The first-order valence-electron chi connectivity index (χ1n) is 11.5. The Kier molecular flexibility index (Phi) is 6.21. The third-order valence-electron chi connectivity index (χ3n) is 6.53. The molecule has 0 saturated carbocycles. The van der Waals surface area contributed by atoms with Crippen molar-refractivity contribution in [3.8, 4) is 22.6 Å². The number of rotatable bonds is 6. The summed E-state index contributed by atoms with van der Waals surface area (Å²) in [5.41, 5.74) is 8.90. The lowest BCUT2D eigenvalue weighted by Gasteiger charge is -2.25. The van der Waals surface area contributed by atoms with E-state index in [9.17, 15) is 4.79 Å². The van der Waals surface area contributed by atoms with Crippen LogP contribution in [0, 0.1) is 5.92 Å². The number of nitrogens with one attached hydrogen (secondary N) is 1. The highest BCUT2D eigenvalue weighted by Gasteiger charge is 2.35. The number of ether oxygens (including phenoxy) is 3. The van der Waals surface area contributed by atoms with Gasteiger partial charge < -0.3 is 30.2 Å². The molecule has 3 aromatic rings. The lowest BCUT2D eigenvalue weighted by molar-refractivity contribution is -0.135. The number of nitrogens with zero attached hydrogens (tertiary/aromatic N) is 3. The zero-order valence-electron chi connectivity index (χ0n) is 19.4. The molecule has 2 atom stereocenters. The van der Waals surface area contributed by atoms with Crippen molar-refractivity contribution in [1.82, 2.24) is 15.3 Å². The Bertz CT molecular complexity index is 1200. The van der Waals surface area contributed by atoms with Crippen LogP contribution in [0.4, 0.5) is 11.8 Å². The van der Waals surface area contributed by atoms with Crippen molar-refractivity contribution in [3.63, 3.8) is 0 Å². The molecule has 2 aliphatic heterocycles. The summed E-state index contributed by atoms with van der Waals surface area (Å²) in [6.45, 7) is 3.14. The fourth-order valence-corrected chi connectivity index (χ4v) is 4.83. The Balaban J connectivity index is 1.52. The van der Waals surface area contributed by atoms with Gasteiger partial charge in [0.1, 0.15) is 11.9 Å². The van der Waals surface area contributed by atoms with Gasteiger partial charge in [-0.1, -0.05) is 30.3 Å². The van der Waals surface area contributed by atoms with Gasteiger partial charge in [-0.25, -0.2) is 4.98 Å². The van der Waals surface area contributed by atoms with Crippen LogP contribution in [-0.4, -0.2) is 68.9 Å². The minimum atomic E-state index is -0.383. The number of ketones is 1. The van der Waals surface area contributed by atoms with Crippen molar-refractivity contribution in [2.45, 2.75) is 12.5 Å². The number of nitrogen functional groups attached to an aromatic ring is 1. The van der Waals surface area contributed by atoms with Gasteiger partial charge in [-0.3, -0.25) is 4.79 Å². The van der Waals surface area contributed by atoms with Gasteiger partial charge in [0.2, 0.25) is 5.95 Å². The molecule has 0 aliphatic carbocycles. The summed E-state index contributed by atoms with van der Waals surface area (Å²) in [5.74, 6) is 2.03. The second kappa shape index (κ2) is 9.44. The predicted octanol–water partition coefficient (Wildman–Crippen LogP) is 2.28. The number of carbonyl (C=O) groups excluding carboxylic acids is 1. The van der Waals surface area contributed by atoms with Crippen LogP contribution < -0.4 is 25.4 Å². The maximum absolute atomic E-state index is 12.9. The molecule has 0 amide bonds. The van der Waals surface area contributed by atoms with Crippen LogP contribution in [0.5, 0.6) is 11.5 Å². The predicted molar refractivity (Wildman–Crippen MR) is 130 cm³/mol. The molecule has 2 aliphatic rings. The van der Waals surface area contributed by atoms with Gasteiger partial charge in [-0.15, -0.1) is 0 Å². The van der Waals surface area contributed by atoms with Crippen molar-refractivity contribution in [3.05, 3.63) is 36.4 Å². The molecule has 1 unspecified atom stereocenters. The molecule has 3 heterocycles. The number of nitrogens with two attached hydrogens (primary N) is 1. The van der Waals surface area contributed by atoms with E-state index in [-0.39, 0.29) is 17.8 Å². The highest BCUT2D eigenvalue weighted by atomic mass is 16.5. The van der Waals surface area contributed by atoms with Gasteiger partial charge in [-0.2, -0.15) is 4.98 Å². The van der Waals surface area contributed by atoms with E-state index in [1.54, 1.807) is 14.2 Å². The topological polar surface area (TPSA) is 112 Å². The molecule has 0 bridgehead atoms. The second-order valence-electron chi connectivity index (χ2n) is 8.55. The van der Waals surface area contributed by atoms with Crippen molar-refractivity contribution in [2.24, 2.45) is 5.92 Å². The Labute approximate surface area is 198 Å². The van der Waals surface area contributed by atoms with Crippen LogP contribution in [0.25, 0.3) is 22.0 Å². The molecule has 1 aromatic heterocycles. The third kappa shape index (κ3) is 4.01. The summed E-state index contributed by atoms with van der Waals surface area (Å²) in [5, 5.41) is 3.94. The number of hydrogen-bond acceptors (Lipinski definition) is 9. The smallest absolute Gasteiger partial charge is 0.227 e. The maximum atomic E-state index is 12.9. The number of aromatic nitrogens is 2. The quantitative estimate of drug-likeness (QED) is 0.569. The number of Topliss-reactive ketones (excluding diaryl/α,β-unsaturated/α-hetero) is 1. The highest BCUT2D eigenvalue weighted by Crippen LogP contribution is 2.45. The normalized spacial score (nSPS) is 20.5. The fourth-order valence-electron chi connectivity index (χ4n) is 4.83. The first-order chi connectivity index (χ1) is 16.6. The third-order valence-corrected chi connectivity index (χ3v) is 6.53. The van der Waals surface area contributed by atoms with Gasteiger partial charge in [-0.05, 0) is 12.0 Å². The average molecular weight is 464 g/mol. The molecule has 178 valence electrons. The van der Waals surface area contributed by atoms with Gasteiger partial charge in [0.25, 0.3) is 0 Å². The number of anilines is 2. The van der Waals surface area contributed by atoms with Crippen LogP contribution in [0.3, 0.4) is 0 Å². The number of fused-ring (bicyclic) bond motifs is 1. The van der Waals surface area contributed by atoms with Gasteiger partial charge in [0, 0.05) is 43.7 Å². The summed E-state index contributed by atoms with van der Waals surface area (Å²) < 4.78 is 17.0. The summed E-state index contributed by atoms with van der Waals surface area (Å²) in [4.78, 5) is 24.4. The summed E-state index contributed by atoms with van der Waals surface area (Å²) >= 11 is 0. The minimum Gasteiger partial charge on any atom is -0.493 e. The van der Waals surface area contributed by atoms with E-state index in [1.807, 2.05) is 41.3 Å². The zero-order valence-corrected chi connectivity index (χ0v) is 19.4. The van der Waals surface area contributed by atoms with E-state index >= 15 is 0 Å². The molecule has 2 fully saturated rings. The van der Waals surface area contributed by atoms with Crippen LogP contribution >= 0.6 is 0 Å². The van der Waals surface area contributed by atoms with Crippen LogP contribution in [0.2, 0.25) is 0 Å². The zero-order chi connectivity index (χ0) is 23.7. The largest absolute Gasteiger partial charge is 0.493 e. The van der Waals surface area contributed by atoms with E-state index < -0.39 is 0 Å². The molecule has 0 spiro atoms. The standard InChI is InChI=1S/C25H29N5O4/c1-32-18-12-17-21(20(23(18)33-2)15-6-4-3-5-7-15)24(26)29-25(28-17)30-10-8-16(14-30)22(31)19-13-27-9-11-34-19/h3-7,12,16,19,27H,8-11,13-14H2,1-2H3,(H2,26,28,29)/t16-,19?/m0/s1. The molecule has 9 nitrogen and oxygen atoms in total. The molecule has 3 N–H and O–H groups in total. The minimum absolute atomic E-state index is 0.115. The lowest BCUT2D eigenvalue weighted by atomic mass is 9.98. The molecular weight excluding hydrogens is 434 g/mol. The van der Waals surface area contributed by atoms with Crippen molar-refractivity contribution in [1.29, 1.82) is 0 Å². The first-order valence-corrected chi connectivity index (χ1v) is 11.5. The van der Waals surface area contributed by atoms with Crippen LogP contribution in [-0.2, 0) is 9.53 Å². The van der Waals surface area contributed by atoms with Crippen molar-refractivity contribution >= 4 is 28.5 Å². The van der Waals surface area contributed by atoms with Crippen molar-refractivity contribution < 1.29 is 19.0 Å². The molecular formula is C25H29N5O4. The first kappa shape index (κ1) is 22.4. The Morgan fingerprint density at radius 1 is 1.21 bits per heavy atom. The van der Waals surface area contributed by atoms with E-state index in [2.05, 4.69) is 10.3 Å². The highest BCUT2D eigenvalue weighted by molar-refractivity contribution is 6.05. The Hall–Kier alpha value is -3.43. The van der Waals surface area contributed by atoms with E-state index in [0.717, 1.165) is 24.1 Å². The van der Waals surface area contributed by atoms with Crippen LogP contribution in [0.1, 0.15) is 6.42 Å². The van der Waals surface area contributed by atoms with Gasteiger partial charge >= 0.3 is 0 Å². The number of benzene rings is 2. The number of morpholine rings is 1. The van der Waals surface area contributed by atoms with Gasteiger partial charge in [0.15, 0.2) is 17.3 Å². The molecule has 2 saturated heterocycles. The number of methoxy groups -OCH3 is 2. The SMILES string of the molecule is COc1cc2nc(N3CC[C@H](C(=O)C4CNCCO4)C3)nc(N)c2c(-c2ccccc2)c1OC. The molecule has 34 heavy (non-hydrogen) atoms. The van der Waals surface area contributed by atoms with Crippen molar-refractivity contribution in [2.75, 3.05) is 57.6 Å².